The molecule has 1 aromatic heterocycles. The number of benzene rings is 1. The van der Waals surface area contributed by atoms with Crippen molar-refractivity contribution in [1.29, 1.82) is 5.26 Å². The Kier molecular flexibility index (Phi) is 2.43. The van der Waals surface area contributed by atoms with Crippen LogP contribution in [0.1, 0.15) is 11.1 Å². The molecule has 0 aliphatic rings. The molecule has 1 heterocycles. The second kappa shape index (κ2) is 3.52. The van der Waals surface area contributed by atoms with Gasteiger partial charge in [-0.25, -0.2) is 0 Å². The summed E-state index contributed by atoms with van der Waals surface area (Å²) in [5.74, 6) is 0. The number of nitrogens with one attached hydrogen (secondary N) is 1. The van der Waals surface area contributed by atoms with Gasteiger partial charge in [-0.3, -0.25) is 0 Å². The van der Waals surface area contributed by atoms with E-state index < -0.39 is 11.7 Å². The van der Waals surface area contributed by atoms with Gasteiger partial charge in [0.25, 0.3) is 0 Å². The van der Waals surface area contributed by atoms with Crippen LogP contribution < -0.4 is 0 Å². The van der Waals surface area contributed by atoms with Crippen LogP contribution in [-0.2, 0) is 6.18 Å². The molecular weight excluding hydrogens is 285 g/mol. The lowest BCUT2D eigenvalue weighted by Crippen LogP contribution is -2.04. The minimum absolute atomic E-state index is 0.259. The average molecular weight is 289 g/mol. The molecule has 2 rings (SSSR count). The normalized spacial score (nSPS) is 11.7. The molecule has 0 atom stereocenters. The monoisotopic (exact) mass is 288 g/mol. The number of nitriles is 1. The molecule has 6 heteroatoms. The number of rotatable bonds is 0. The first-order valence-electron chi connectivity index (χ1n) is 4.21. The van der Waals surface area contributed by atoms with Crippen LogP contribution in [0, 0.1) is 11.3 Å². The summed E-state index contributed by atoms with van der Waals surface area (Å²) in [4.78, 5) is 2.64. The van der Waals surface area contributed by atoms with Crippen LogP contribution in [0.25, 0.3) is 10.9 Å². The summed E-state index contributed by atoms with van der Waals surface area (Å²) in [6, 6.07) is 3.86. The van der Waals surface area contributed by atoms with Gasteiger partial charge < -0.3 is 4.98 Å². The average Bonchev–Trinajstić information content (AvgIpc) is 2.59. The van der Waals surface area contributed by atoms with Gasteiger partial charge in [0.1, 0.15) is 6.07 Å². The van der Waals surface area contributed by atoms with Gasteiger partial charge in [0.05, 0.1) is 11.1 Å². The van der Waals surface area contributed by atoms with Gasteiger partial charge in [0, 0.05) is 21.6 Å². The molecule has 82 valence electrons. The fourth-order valence-electron chi connectivity index (χ4n) is 1.47. The van der Waals surface area contributed by atoms with Crippen molar-refractivity contribution in [2.45, 2.75) is 6.18 Å². The summed E-state index contributed by atoms with van der Waals surface area (Å²) in [7, 11) is 0. The Hall–Kier alpha value is -1.48. The molecule has 1 aromatic carbocycles. The van der Waals surface area contributed by atoms with E-state index in [1.807, 2.05) is 6.07 Å². The summed E-state index contributed by atoms with van der Waals surface area (Å²) in [6.07, 6.45) is -3.01. The predicted molar refractivity (Wildman–Crippen MR) is 55.7 cm³/mol. The maximum absolute atomic E-state index is 12.5. The van der Waals surface area contributed by atoms with Crippen molar-refractivity contribution >= 4 is 26.8 Å². The van der Waals surface area contributed by atoms with E-state index >= 15 is 0 Å². The highest BCUT2D eigenvalue weighted by molar-refractivity contribution is 9.10. The largest absolute Gasteiger partial charge is 0.416 e. The fourth-order valence-corrected chi connectivity index (χ4v) is 2.14. The molecular formula is C10H4BrF3N2. The number of fused-ring (bicyclic) bond motifs is 1. The van der Waals surface area contributed by atoms with E-state index in [9.17, 15) is 13.2 Å². The van der Waals surface area contributed by atoms with E-state index in [0.717, 1.165) is 12.1 Å². The zero-order valence-electron chi connectivity index (χ0n) is 7.69. The second-order valence-electron chi connectivity index (χ2n) is 3.19. The van der Waals surface area contributed by atoms with Crippen LogP contribution in [0.5, 0.6) is 0 Å². The van der Waals surface area contributed by atoms with Gasteiger partial charge in [-0.1, -0.05) is 15.9 Å². The summed E-state index contributed by atoms with van der Waals surface area (Å²) in [6.45, 7) is 0. The molecule has 0 amide bonds. The standard InChI is InChI=1S/C10H4BrF3N2/c11-7-1-6(10(12,13)14)2-8-9(7)5(3-15)4-16-8/h1-2,4,16H. The van der Waals surface area contributed by atoms with Crippen molar-refractivity contribution < 1.29 is 13.2 Å². The van der Waals surface area contributed by atoms with Crippen molar-refractivity contribution in [3.63, 3.8) is 0 Å². The van der Waals surface area contributed by atoms with Crippen molar-refractivity contribution in [3.8, 4) is 6.07 Å². The zero-order valence-corrected chi connectivity index (χ0v) is 9.28. The number of nitrogens with zero attached hydrogens (tertiary/aromatic N) is 1. The molecule has 16 heavy (non-hydrogen) atoms. The van der Waals surface area contributed by atoms with E-state index in [-0.39, 0.29) is 4.47 Å². The van der Waals surface area contributed by atoms with Crippen molar-refractivity contribution in [2.24, 2.45) is 0 Å². The SMILES string of the molecule is N#Cc1c[nH]c2cc(C(F)(F)F)cc(Br)c12. The third kappa shape index (κ3) is 1.67. The van der Waals surface area contributed by atoms with Gasteiger partial charge in [-0.15, -0.1) is 0 Å². The number of aromatic amines is 1. The maximum Gasteiger partial charge on any atom is 0.416 e. The molecule has 0 saturated heterocycles. The number of alkyl halides is 3. The van der Waals surface area contributed by atoms with Crippen LogP contribution in [0.4, 0.5) is 13.2 Å². The minimum Gasteiger partial charge on any atom is -0.360 e. The number of hydrogen-bond donors (Lipinski definition) is 1. The molecule has 0 aliphatic heterocycles. The molecule has 2 aromatic rings. The highest BCUT2D eigenvalue weighted by Crippen LogP contribution is 2.36. The van der Waals surface area contributed by atoms with E-state index in [1.54, 1.807) is 0 Å². The number of H-pyrrole nitrogens is 1. The second-order valence-corrected chi connectivity index (χ2v) is 4.05. The first kappa shape index (κ1) is 11.0. The first-order valence-corrected chi connectivity index (χ1v) is 5.00. The first-order chi connectivity index (χ1) is 7.43. The lowest BCUT2D eigenvalue weighted by molar-refractivity contribution is -0.137. The Morgan fingerprint density at radius 1 is 1.31 bits per heavy atom. The molecule has 2 nitrogen and oxygen atoms in total. The lowest BCUT2D eigenvalue weighted by Gasteiger charge is -2.07. The topological polar surface area (TPSA) is 39.6 Å². The highest BCUT2D eigenvalue weighted by Gasteiger charge is 2.31. The molecule has 0 bridgehead atoms. The fraction of sp³-hybridized carbons (Fsp3) is 0.100. The number of hydrogen-bond acceptors (Lipinski definition) is 1. The van der Waals surface area contributed by atoms with Crippen LogP contribution in [-0.4, -0.2) is 4.98 Å². The van der Waals surface area contributed by atoms with Gasteiger partial charge in [0.2, 0.25) is 0 Å². The number of aromatic nitrogens is 1. The minimum atomic E-state index is -4.39. The van der Waals surface area contributed by atoms with Crippen molar-refractivity contribution in [1.82, 2.24) is 4.98 Å². The van der Waals surface area contributed by atoms with Crippen LogP contribution in [0.3, 0.4) is 0 Å². The van der Waals surface area contributed by atoms with E-state index in [4.69, 9.17) is 5.26 Å². The molecule has 1 N–H and O–H groups in total. The zero-order chi connectivity index (χ0) is 11.9. The summed E-state index contributed by atoms with van der Waals surface area (Å²) < 4.78 is 37.7. The van der Waals surface area contributed by atoms with Gasteiger partial charge in [-0.2, -0.15) is 18.4 Å². The Bertz CT molecular complexity index is 592. The highest BCUT2D eigenvalue weighted by atomic mass is 79.9. The Labute approximate surface area is 96.8 Å². The lowest BCUT2D eigenvalue weighted by atomic mass is 10.1. The Morgan fingerprint density at radius 3 is 2.56 bits per heavy atom. The van der Waals surface area contributed by atoms with Gasteiger partial charge in [0.15, 0.2) is 0 Å². The van der Waals surface area contributed by atoms with Crippen molar-refractivity contribution in [2.75, 3.05) is 0 Å². The summed E-state index contributed by atoms with van der Waals surface area (Å²) in [5, 5.41) is 9.23. The Balaban J connectivity index is 2.76. The van der Waals surface area contributed by atoms with Crippen LogP contribution >= 0.6 is 15.9 Å². The summed E-state index contributed by atoms with van der Waals surface area (Å²) in [5.41, 5.74) is -0.146. The third-order valence-corrected chi connectivity index (χ3v) is 2.80. The van der Waals surface area contributed by atoms with Gasteiger partial charge >= 0.3 is 6.18 Å². The molecule has 0 saturated carbocycles. The smallest absolute Gasteiger partial charge is 0.360 e. The van der Waals surface area contributed by atoms with Crippen LogP contribution in [0.15, 0.2) is 22.8 Å². The Morgan fingerprint density at radius 2 is 2.00 bits per heavy atom. The van der Waals surface area contributed by atoms with Crippen LogP contribution in [0.2, 0.25) is 0 Å². The van der Waals surface area contributed by atoms with E-state index in [2.05, 4.69) is 20.9 Å². The quantitative estimate of drug-likeness (QED) is 0.786. The third-order valence-electron chi connectivity index (χ3n) is 2.18. The summed E-state index contributed by atoms with van der Waals surface area (Å²) >= 11 is 3.04. The van der Waals surface area contributed by atoms with E-state index in [0.29, 0.717) is 16.5 Å². The molecule has 0 radical (unpaired) electrons. The predicted octanol–water partition coefficient (Wildman–Crippen LogP) is 3.82. The van der Waals surface area contributed by atoms with Crippen molar-refractivity contribution in [3.05, 3.63) is 33.9 Å². The number of halogens is 4. The van der Waals surface area contributed by atoms with Gasteiger partial charge in [-0.05, 0) is 12.1 Å². The molecule has 0 unspecified atom stereocenters. The molecule has 0 fully saturated rings. The molecule has 0 aliphatic carbocycles. The molecule has 0 spiro atoms. The van der Waals surface area contributed by atoms with E-state index in [1.165, 1.54) is 6.20 Å². The maximum atomic E-state index is 12.5.